The monoisotopic (exact) mass is 387 g/mol. The molecule has 0 N–H and O–H groups in total. The van der Waals surface area contributed by atoms with E-state index in [-0.39, 0.29) is 17.3 Å². The molecule has 0 bridgehead atoms. The Balaban J connectivity index is 1.61. The lowest BCUT2D eigenvalue weighted by atomic mass is 10.1. The van der Waals surface area contributed by atoms with Crippen LogP contribution in [0.2, 0.25) is 0 Å². The SMILES string of the molecule is COC(=O)c1ccc(C2SCC(=O)N2CCOc2ccc(OC)cc2)cc1. The van der Waals surface area contributed by atoms with E-state index in [9.17, 15) is 9.59 Å². The summed E-state index contributed by atoms with van der Waals surface area (Å²) >= 11 is 1.57. The van der Waals surface area contributed by atoms with Gasteiger partial charge >= 0.3 is 5.97 Å². The number of hydrogen-bond donors (Lipinski definition) is 0. The van der Waals surface area contributed by atoms with E-state index in [0.29, 0.717) is 24.5 Å². The van der Waals surface area contributed by atoms with Crippen LogP contribution in [0.3, 0.4) is 0 Å². The van der Waals surface area contributed by atoms with Crippen LogP contribution < -0.4 is 9.47 Å². The highest BCUT2D eigenvalue weighted by Gasteiger charge is 2.32. The third-order valence-electron chi connectivity index (χ3n) is 4.25. The number of nitrogens with zero attached hydrogens (tertiary/aromatic N) is 1. The van der Waals surface area contributed by atoms with Gasteiger partial charge in [-0.1, -0.05) is 12.1 Å². The number of carbonyl (C=O) groups excluding carboxylic acids is 2. The van der Waals surface area contributed by atoms with Gasteiger partial charge in [0.1, 0.15) is 23.5 Å². The number of esters is 1. The molecule has 1 aliphatic rings. The maximum Gasteiger partial charge on any atom is 0.337 e. The summed E-state index contributed by atoms with van der Waals surface area (Å²) in [5.41, 5.74) is 1.47. The Bertz CT molecular complexity index is 791. The summed E-state index contributed by atoms with van der Waals surface area (Å²) in [5, 5.41) is -0.0799. The Hall–Kier alpha value is -2.67. The Kier molecular flexibility index (Phi) is 6.24. The lowest BCUT2D eigenvalue weighted by Crippen LogP contribution is -2.32. The van der Waals surface area contributed by atoms with E-state index in [0.717, 1.165) is 17.1 Å². The Morgan fingerprint density at radius 1 is 1.07 bits per heavy atom. The topological polar surface area (TPSA) is 65.1 Å². The van der Waals surface area contributed by atoms with Gasteiger partial charge in [-0.2, -0.15) is 0 Å². The van der Waals surface area contributed by atoms with Gasteiger partial charge in [-0.15, -0.1) is 11.8 Å². The Labute approximate surface area is 162 Å². The van der Waals surface area contributed by atoms with Crippen LogP contribution >= 0.6 is 11.8 Å². The average Bonchev–Trinajstić information content (AvgIpc) is 3.08. The third kappa shape index (κ3) is 4.54. The summed E-state index contributed by atoms with van der Waals surface area (Å²) in [6.45, 7) is 0.886. The lowest BCUT2D eigenvalue weighted by molar-refractivity contribution is -0.128. The van der Waals surface area contributed by atoms with Crippen LogP contribution in [0.1, 0.15) is 21.3 Å². The van der Waals surface area contributed by atoms with Crippen molar-refractivity contribution in [2.45, 2.75) is 5.37 Å². The molecule has 0 radical (unpaired) electrons. The normalized spacial score (nSPS) is 16.3. The fourth-order valence-corrected chi connectivity index (χ4v) is 4.03. The van der Waals surface area contributed by atoms with Gasteiger partial charge in [-0.25, -0.2) is 4.79 Å². The first-order valence-corrected chi connectivity index (χ1v) is 9.53. The van der Waals surface area contributed by atoms with E-state index in [2.05, 4.69) is 0 Å². The van der Waals surface area contributed by atoms with Gasteiger partial charge in [0.2, 0.25) is 5.91 Å². The molecule has 0 spiro atoms. The summed E-state index contributed by atoms with van der Waals surface area (Å²) < 4.78 is 15.6. The largest absolute Gasteiger partial charge is 0.497 e. The predicted octanol–water partition coefficient (Wildman–Crippen LogP) is 3.13. The molecule has 2 aromatic carbocycles. The number of benzene rings is 2. The summed E-state index contributed by atoms with van der Waals surface area (Å²) in [7, 11) is 2.97. The number of methoxy groups -OCH3 is 2. The van der Waals surface area contributed by atoms with E-state index in [1.165, 1.54) is 7.11 Å². The first-order chi connectivity index (χ1) is 13.1. The summed E-state index contributed by atoms with van der Waals surface area (Å²) in [5.74, 6) is 1.64. The minimum absolute atomic E-state index is 0.0799. The maximum atomic E-state index is 12.3. The molecule has 0 aromatic heterocycles. The molecule has 0 saturated carbocycles. The van der Waals surface area contributed by atoms with Crippen LogP contribution in [0.5, 0.6) is 11.5 Å². The van der Waals surface area contributed by atoms with E-state index >= 15 is 0 Å². The number of rotatable bonds is 7. The minimum atomic E-state index is -0.374. The smallest absolute Gasteiger partial charge is 0.337 e. The second-order valence-electron chi connectivity index (χ2n) is 5.89. The molecule has 142 valence electrons. The van der Waals surface area contributed by atoms with E-state index in [4.69, 9.17) is 14.2 Å². The molecular weight excluding hydrogens is 366 g/mol. The molecule has 27 heavy (non-hydrogen) atoms. The molecule has 1 aliphatic heterocycles. The molecule has 1 unspecified atom stereocenters. The molecular formula is C20H21NO5S. The zero-order valence-corrected chi connectivity index (χ0v) is 16.0. The van der Waals surface area contributed by atoms with Crippen molar-refractivity contribution in [1.82, 2.24) is 4.90 Å². The summed E-state index contributed by atoms with van der Waals surface area (Å²) in [6.07, 6.45) is 0. The number of hydrogen-bond acceptors (Lipinski definition) is 6. The molecule has 7 heteroatoms. The van der Waals surface area contributed by atoms with E-state index in [1.54, 1.807) is 35.9 Å². The molecule has 1 atom stereocenters. The predicted molar refractivity (Wildman–Crippen MR) is 103 cm³/mol. The summed E-state index contributed by atoms with van der Waals surface area (Å²) in [4.78, 5) is 25.6. The van der Waals surface area contributed by atoms with Crippen molar-refractivity contribution >= 4 is 23.6 Å². The highest BCUT2D eigenvalue weighted by atomic mass is 32.2. The first kappa shape index (κ1) is 19.1. The van der Waals surface area contributed by atoms with Crippen LogP contribution in [-0.2, 0) is 9.53 Å². The maximum absolute atomic E-state index is 12.3. The number of amides is 1. The highest BCUT2D eigenvalue weighted by molar-refractivity contribution is 8.00. The second-order valence-corrected chi connectivity index (χ2v) is 6.96. The minimum Gasteiger partial charge on any atom is -0.497 e. The van der Waals surface area contributed by atoms with Crippen molar-refractivity contribution in [2.75, 3.05) is 33.1 Å². The molecule has 1 fully saturated rings. The van der Waals surface area contributed by atoms with E-state index in [1.807, 2.05) is 36.4 Å². The Morgan fingerprint density at radius 3 is 2.37 bits per heavy atom. The quantitative estimate of drug-likeness (QED) is 0.680. The molecule has 1 amide bonds. The molecule has 2 aromatic rings. The van der Waals surface area contributed by atoms with E-state index < -0.39 is 0 Å². The average molecular weight is 387 g/mol. The van der Waals surface area contributed by atoms with Crippen LogP contribution in [0.25, 0.3) is 0 Å². The van der Waals surface area contributed by atoms with Crippen molar-refractivity contribution in [2.24, 2.45) is 0 Å². The third-order valence-corrected chi connectivity index (χ3v) is 5.50. The Morgan fingerprint density at radius 2 is 1.74 bits per heavy atom. The molecule has 1 saturated heterocycles. The van der Waals surface area contributed by atoms with Gasteiger partial charge in [-0.05, 0) is 42.0 Å². The van der Waals surface area contributed by atoms with Crippen molar-refractivity contribution in [3.05, 3.63) is 59.7 Å². The summed E-state index contributed by atoms with van der Waals surface area (Å²) in [6, 6.07) is 14.5. The van der Waals surface area contributed by atoms with Crippen LogP contribution in [-0.4, -0.2) is 49.9 Å². The van der Waals surface area contributed by atoms with Crippen molar-refractivity contribution in [3.8, 4) is 11.5 Å². The van der Waals surface area contributed by atoms with Crippen LogP contribution in [0.15, 0.2) is 48.5 Å². The van der Waals surface area contributed by atoms with Crippen molar-refractivity contribution < 1.29 is 23.8 Å². The van der Waals surface area contributed by atoms with Gasteiger partial charge in [0, 0.05) is 0 Å². The van der Waals surface area contributed by atoms with Crippen LogP contribution in [0.4, 0.5) is 0 Å². The number of ether oxygens (including phenoxy) is 3. The van der Waals surface area contributed by atoms with Gasteiger partial charge in [0.15, 0.2) is 0 Å². The molecule has 3 rings (SSSR count). The van der Waals surface area contributed by atoms with Crippen molar-refractivity contribution in [3.63, 3.8) is 0 Å². The lowest BCUT2D eigenvalue weighted by Gasteiger charge is -2.24. The van der Waals surface area contributed by atoms with Gasteiger partial charge in [0.25, 0.3) is 0 Å². The van der Waals surface area contributed by atoms with Gasteiger partial charge in [-0.3, -0.25) is 4.79 Å². The molecule has 0 aliphatic carbocycles. The number of thioether (sulfide) groups is 1. The fraction of sp³-hybridized carbons (Fsp3) is 0.300. The standard InChI is InChI=1S/C20H21NO5S/c1-24-16-7-9-17(10-8-16)26-12-11-21-18(22)13-27-19(21)14-3-5-15(6-4-14)20(23)25-2/h3-10,19H,11-13H2,1-2H3. The number of carbonyl (C=O) groups is 2. The van der Waals surface area contributed by atoms with Crippen LogP contribution in [0, 0.1) is 0 Å². The molecule has 1 heterocycles. The second kappa shape index (κ2) is 8.81. The van der Waals surface area contributed by atoms with Crippen molar-refractivity contribution in [1.29, 1.82) is 0 Å². The fourth-order valence-electron chi connectivity index (χ4n) is 2.81. The van der Waals surface area contributed by atoms with Gasteiger partial charge in [0.05, 0.1) is 32.1 Å². The molecule has 6 nitrogen and oxygen atoms in total. The highest BCUT2D eigenvalue weighted by Crippen LogP contribution is 2.38. The van der Waals surface area contributed by atoms with Gasteiger partial charge < -0.3 is 19.1 Å². The first-order valence-electron chi connectivity index (χ1n) is 8.48. The zero-order valence-electron chi connectivity index (χ0n) is 15.2. The zero-order chi connectivity index (χ0) is 19.2.